The number of benzene rings is 2. The van der Waals surface area contributed by atoms with Crippen LogP contribution >= 0.6 is 11.6 Å². The summed E-state index contributed by atoms with van der Waals surface area (Å²) in [4.78, 5) is 25.8. The molecule has 31 heavy (non-hydrogen) atoms. The number of pyridine rings is 1. The minimum absolute atomic E-state index is 0.00484. The van der Waals surface area contributed by atoms with Crippen molar-refractivity contribution in [3.05, 3.63) is 69.0 Å². The number of hydrogen-bond donors (Lipinski definition) is 2. The van der Waals surface area contributed by atoms with Crippen LogP contribution in [0.1, 0.15) is 22.8 Å². The third-order valence-electron chi connectivity index (χ3n) is 5.11. The van der Waals surface area contributed by atoms with Crippen molar-refractivity contribution in [3.8, 4) is 5.75 Å². The van der Waals surface area contributed by atoms with Crippen LogP contribution in [0, 0.1) is 0 Å². The maximum Gasteiger partial charge on any atom is 0.256 e. The highest BCUT2D eigenvalue weighted by molar-refractivity contribution is 7.89. The smallest absolute Gasteiger partial charge is 0.256 e. The molecule has 0 aliphatic carbocycles. The van der Waals surface area contributed by atoms with E-state index in [0.717, 1.165) is 5.56 Å². The Balaban J connectivity index is 1.55. The molecule has 0 spiro atoms. The van der Waals surface area contributed by atoms with Crippen molar-refractivity contribution in [3.63, 3.8) is 0 Å². The molecule has 1 amide bonds. The number of primary sulfonamides is 1. The zero-order valence-corrected chi connectivity index (χ0v) is 18.2. The van der Waals surface area contributed by atoms with Gasteiger partial charge in [-0.2, -0.15) is 0 Å². The molecule has 0 fully saturated rings. The molecule has 162 valence electrons. The highest BCUT2D eigenvalue weighted by Gasteiger charge is 2.24. The van der Waals surface area contributed by atoms with Crippen LogP contribution in [-0.2, 0) is 23.0 Å². The molecule has 1 atom stereocenters. The van der Waals surface area contributed by atoms with Crippen molar-refractivity contribution < 1.29 is 17.9 Å². The van der Waals surface area contributed by atoms with Gasteiger partial charge >= 0.3 is 0 Å². The van der Waals surface area contributed by atoms with E-state index in [2.05, 4.69) is 5.32 Å². The zero-order valence-electron chi connectivity index (χ0n) is 16.6. The average Bonchev–Trinajstić information content (AvgIpc) is 2.71. The number of ether oxygens (including phenoxy) is 1. The molecule has 2 aromatic carbocycles. The topological polar surface area (TPSA) is 120 Å². The predicted molar refractivity (Wildman–Crippen MR) is 117 cm³/mol. The van der Waals surface area contributed by atoms with Gasteiger partial charge in [-0.3, -0.25) is 9.59 Å². The summed E-state index contributed by atoms with van der Waals surface area (Å²) < 4.78 is 30.3. The lowest BCUT2D eigenvalue weighted by molar-refractivity contribution is 0.0951. The van der Waals surface area contributed by atoms with E-state index in [1.54, 1.807) is 30.5 Å². The van der Waals surface area contributed by atoms with Crippen molar-refractivity contribution in [2.45, 2.75) is 30.9 Å². The lowest BCUT2D eigenvalue weighted by atomic mass is 10.1. The summed E-state index contributed by atoms with van der Waals surface area (Å²) in [5, 5.41) is 8.36. The first-order valence-corrected chi connectivity index (χ1v) is 11.5. The number of aromatic nitrogens is 1. The molecular formula is C21H20ClN3O5S. The number of rotatable bonds is 5. The number of halogens is 1. The number of hydrogen-bond acceptors (Lipinski definition) is 5. The first kappa shape index (κ1) is 21.4. The average molecular weight is 462 g/mol. The Bertz CT molecular complexity index is 1350. The number of carbonyl (C=O) groups is 1. The van der Waals surface area contributed by atoms with Gasteiger partial charge in [0, 0.05) is 12.7 Å². The van der Waals surface area contributed by atoms with Gasteiger partial charge in [0.2, 0.25) is 15.5 Å². The van der Waals surface area contributed by atoms with Crippen molar-refractivity contribution in [1.82, 2.24) is 9.88 Å². The standard InChI is InChI=1S/C21H20ClN3O5S/c1-12-10-25-11-15(20(26)18-16(22)6-7-17(30-12)19(18)25)21(27)24-9-8-13-2-4-14(5-3-13)31(23,28)29/h2-7,11-12H,8-10H2,1H3,(H,24,27)(H2,23,28,29)/t12-/m1/s1. The van der Waals surface area contributed by atoms with E-state index >= 15 is 0 Å². The van der Waals surface area contributed by atoms with Gasteiger partial charge in [-0.1, -0.05) is 23.7 Å². The quantitative estimate of drug-likeness (QED) is 0.602. The summed E-state index contributed by atoms with van der Waals surface area (Å²) in [6, 6.07) is 9.39. The molecule has 8 nitrogen and oxygen atoms in total. The molecule has 2 heterocycles. The van der Waals surface area contributed by atoms with E-state index < -0.39 is 21.4 Å². The Kier molecular flexibility index (Phi) is 5.50. The molecule has 10 heteroatoms. The molecule has 3 aromatic rings. The van der Waals surface area contributed by atoms with E-state index in [-0.39, 0.29) is 33.5 Å². The van der Waals surface area contributed by atoms with Crippen LogP contribution in [0.25, 0.3) is 10.9 Å². The van der Waals surface area contributed by atoms with Gasteiger partial charge in [-0.15, -0.1) is 0 Å². The molecule has 0 saturated heterocycles. The van der Waals surface area contributed by atoms with E-state index in [1.807, 2.05) is 11.5 Å². The maximum atomic E-state index is 13.0. The van der Waals surface area contributed by atoms with Crippen LogP contribution in [0.3, 0.4) is 0 Å². The summed E-state index contributed by atoms with van der Waals surface area (Å²) in [5.74, 6) is 0.0579. The first-order valence-electron chi connectivity index (χ1n) is 9.57. The molecule has 0 unspecified atom stereocenters. The van der Waals surface area contributed by atoms with Crippen LogP contribution in [0.15, 0.2) is 52.3 Å². The van der Waals surface area contributed by atoms with Crippen molar-refractivity contribution >= 4 is 38.4 Å². The fourth-order valence-corrected chi connectivity index (χ4v) is 4.41. The normalized spacial score (nSPS) is 15.5. The molecule has 1 aliphatic rings. The highest BCUT2D eigenvalue weighted by atomic mass is 35.5. The minimum Gasteiger partial charge on any atom is -0.487 e. The van der Waals surface area contributed by atoms with Gasteiger partial charge < -0.3 is 14.6 Å². The number of nitrogens with zero attached hydrogens (tertiary/aromatic N) is 1. The Morgan fingerprint density at radius 1 is 1.26 bits per heavy atom. The van der Waals surface area contributed by atoms with E-state index in [0.29, 0.717) is 24.2 Å². The Morgan fingerprint density at radius 2 is 1.97 bits per heavy atom. The molecule has 4 rings (SSSR count). The Morgan fingerprint density at radius 3 is 2.65 bits per heavy atom. The van der Waals surface area contributed by atoms with E-state index in [4.69, 9.17) is 21.5 Å². The van der Waals surface area contributed by atoms with Gasteiger partial charge in [0.15, 0.2) is 0 Å². The lowest BCUT2D eigenvalue weighted by Crippen LogP contribution is -2.33. The van der Waals surface area contributed by atoms with Crippen molar-refractivity contribution in [2.75, 3.05) is 6.54 Å². The molecule has 0 bridgehead atoms. The highest BCUT2D eigenvalue weighted by Crippen LogP contribution is 2.33. The second-order valence-electron chi connectivity index (χ2n) is 7.42. The molecule has 0 saturated carbocycles. The minimum atomic E-state index is -3.75. The fraction of sp³-hybridized carbons (Fsp3) is 0.238. The molecule has 1 aromatic heterocycles. The first-order chi connectivity index (χ1) is 14.6. The van der Waals surface area contributed by atoms with Crippen LogP contribution in [0.2, 0.25) is 5.02 Å². The third kappa shape index (κ3) is 4.16. The summed E-state index contributed by atoms with van der Waals surface area (Å²) >= 11 is 6.28. The SMILES string of the molecule is C[C@@H]1Cn2cc(C(=O)NCCc3ccc(S(N)(=O)=O)cc3)c(=O)c3c(Cl)ccc(c32)O1. The van der Waals surface area contributed by atoms with Crippen LogP contribution < -0.4 is 20.6 Å². The van der Waals surface area contributed by atoms with Crippen molar-refractivity contribution in [1.29, 1.82) is 0 Å². The van der Waals surface area contributed by atoms with Gasteiger partial charge in [-0.25, -0.2) is 13.6 Å². The largest absolute Gasteiger partial charge is 0.487 e. The number of sulfonamides is 1. The Labute approximate surface area is 183 Å². The summed E-state index contributed by atoms with van der Waals surface area (Å²) in [5.41, 5.74) is 0.954. The van der Waals surface area contributed by atoms with Gasteiger partial charge in [0.1, 0.15) is 17.4 Å². The number of carbonyl (C=O) groups excluding carboxylic acids is 1. The molecular weight excluding hydrogens is 442 g/mol. The third-order valence-corrected chi connectivity index (χ3v) is 6.36. The summed E-state index contributed by atoms with van der Waals surface area (Å²) in [6.45, 7) is 2.65. The number of amides is 1. The second-order valence-corrected chi connectivity index (χ2v) is 9.39. The number of nitrogens with one attached hydrogen (secondary N) is 1. The fourth-order valence-electron chi connectivity index (χ4n) is 3.66. The van der Waals surface area contributed by atoms with Crippen molar-refractivity contribution in [2.24, 2.45) is 5.14 Å². The zero-order chi connectivity index (χ0) is 22.3. The van der Waals surface area contributed by atoms with Crippen LogP contribution in [0.5, 0.6) is 5.75 Å². The van der Waals surface area contributed by atoms with Crippen LogP contribution in [-0.4, -0.2) is 31.5 Å². The summed E-state index contributed by atoms with van der Waals surface area (Å²) in [6.07, 6.45) is 1.88. The Hall–Kier alpha value is -2.88. The lowest BCUT2D eigenvalue weighted by Gasteiger charge is -2.26. The summed E-state index contributed by atoms with van der Waals surface area (Å²) in [7, 11) is -3.75. The second kappa shape index (κ2) is 7.99. The predicted octanol–water partition coefficient (Wildman–Crippen LogP) is 2.06. The van der Waals surface area contributed by atoms with E-state index in [9.17, 15) is 18.0 Å². The monoisotopic (exact) mass is 461 g/mol. The molecule has 3 N–H and O–H groups in total. The van der Waals surface area contributed by atoms with Gasteiger partial charge in [0.05, 0.1) is 27.4 Å². The van der Waals surface area contributed by atoms with Crippen LogP contribution in [0.4, 0.5) is 0 Å². The number of nitrogens with two attached hydrogens (primary N) is 1. The van der Waals surface area contributed by atoms with Gasteiger partial charge in [-0.05, 0) is 43.2 Å². The molecule has 1 aliphatic heterocycles. The molecule has 0 radical (unpaired) electrons. The van der Waals surface area contributed by atoms with E-state index in [1.165, 1.54) is 12.1 Å². The van der Waals surface area contributed by atoms with Gasteiger partial charge in [0.25, 0.3) is 5.91 Å². The maximum absolute atomic E-state index is 13.0.